The normalized spacial score (nSPS) is 13.3. The summed E-state index contributed by atoms with van der Waals surface area (Å²) in [6.45, 7) is 6.37. The average Bonchev–Trinajstić information content (AvgIpc) is 2.34. The van der Waals surface area contributed by atoms with Gasteiger partial charge in [0.05, 0.1) is 10.5 Å². The van der Waals surface area contributed by atoms with Crippen molar-refractivity contribution < 1.29 is 17.6 Å². The first-order valence-corrected chi connectivity index (χ1v) is 8.46. The van der Waals surface area contributed by atoms with Gasteiger partial charge in [-0.25, -0.2) is 12.8 Å². The van der Waals surface area contributed by atoms with Crippen molar-refractivity contribution >= 4 is 25.6 Å². The number of amides is 1. The van der Waals surface area contributed by atoms with Crippen LogP contribution >= 0.6 is 10.7 Å². The van der Waals surface area contributed by atoms with Gasteiger partial charge in [-0.05, 0) is 30.0 Å². The van der Waals surface area contributed by atoms with Crippen LogP contribution in [-0.2, 0) is 9.05 Å². The van der Waals surface area contributed by atoms with Crippen LogP contribution in [0.1, 0.15) is 31.1 Å². The highest BCUT2D eigenvalue weighted by Crippen LogP contribution is 2.19. The van der Waals surface area contributed by atoms with Gasteiger partial charge in [0.15, 0.2) is 0 Å². The average molecular weight is 322 g/mol. The highest BCUT2D eigenvalue weighted by atomic mass is 35.7. The number of hydrogen-bond acceptors (Lipinski definition) is 3. The van der Waals surface area contributed by atoms with E-state index in [1.54, 1.807) is 0 Å². The van der Waals surface area contributed by atoms with Crippen LogP contribution in [0, 0.1) is 17.7 Å². The lowest BCUT2D eigenvalue weighted by atomic mass is 9.98. The largest absolute Gasteiger partial charge is 0.352 e. The van der Waals surface area contributed by atoms with Crippen molar-refractivity contribution in [2.75, 3.05) is 6.54 Å². The van der Waals surface area contributed by atoms with Crippen LogP contribution in [0.4, 0.5) is 4.39 Å². The van der Waals surface area contributed by atoms with Gasteiger partial charge in [0.2, 0.25) is 0 Å². The molecule has 0 aliphatic heterocycles. The van der Waals surface area contributed by atoms with Gasteiger partial charge in [-0.3, -0.25) is 4.79 Å². The van der Waals surface area contributed by atoms with E-state index in [0.29, 0.717) is 12.5 Å². The van der Waals surface area contributed by atoms with Gasteiger partial charge in [0, 0.05) is 17.2 Å². The zero-order chi connectivity index (χ0) is 15.5. The molecular weight excluding hydrogens is 305 g/mol. The molecule has 0 bridgehead atoms. The first-order valence-electron chi connectivity index (χ1n) is 6.15. The minimum atomic E-state index is -3.99. The Balaban J connectivity index is 2.93. The summed E-state index contributed by atoms with van der Waals surface area (Å²) in [5.41, 5.74) is -0.331. The molecule has 1 amide bonds. The molecule has 7 heteroatoms. The summed E-state index contributed by atoms with van der Waals surface area (Å²) in [5, 5.41) is 2.58. The van der Waals surface area contributed by atoms with E-state index in [2.05, 4.69) is 5.32 Å². The topological polar surface area (TPSA) is 63.2 Å². The van der Waals surface area contributed by atoms with Crippen molar-refractivity contribution in [2.24, 2.45) is 11.8 Å². The van der Waals surface area contributed by atoms with E-state index in [-0.39, 0.29) is 16.4 Å². The van der Waals surface area contributed by atoms with E-state index in [0.717, 1.165) is 18.2 Å². The van der Waals surface area contributed by atoms with Gasteiger partial charge in [-0.2, -0.15) is 0 Å². The van der Waals surface area contributed by atoms with Crippen molar-refractivity contribution in [3.05, 3.63) is 29.6 Å². The Hall–Kier alpha value is -1.14. The molecule has 1 unspecified atom stereocenters. The van der Waals surface area contributed by atoms with Gasteiger partial charge in [-0.15, -0.1) is 0 Å². The van der Waals surface area contributed by atoms with Gasteiger partial charge >= 0.3 is 0 Å². The lowest BCUT2D eigenvalue weighted by Crippen LogP contribution is -2.30. The second kappa shape index (κ2) is 6.54. The quantitative estimate of drug-likeness (QED) is 0.848. The molecule has 1 aromatic carbocycles. The molecule has 112 valence electrons. The Morgan fingerprint density at radius 3 is 2.45 bits per heavy atom. The van der Waals surface area contributed by atoms with Crippen LogP contribution in [0.2, 0.25) is 0 Å². The summed E-state index contributed by atoms with van der Waals surface area (Å²) in [5.74, 6) is -0.849. The van der Waals surface area contributed by atoms with E-state index in [4.69, 9.17) is 10.7 Å². The first-order chi connectivity index (χ1) is 9.12. The summed E-state index contributed by atoms with van der Waals surface area (Å²) in [6.07, 6.45) is 0. The third kappa shape index (κ3) is 4.45. The molecule has 0 radical (unpaired) electrons. The predicted molar refractivity (Wildman–Crippen MR) is 75.8 cm³/mol. The molecule has 0 fully saturated rings. The zero-order valence-corrected chi connectivity index (χ0v) is 13.1. The molecule has 20 heavy (non-hydrogen) atoms. The molecule has 1 rings (SSSR count). The summed E-state index contributed by atoms with van der Waals surface area (Å²) in [4.78, 5) is 11.6. The fraction of sp³-hybridized carbons (Fsp3) is 0.462. The first kappa shape index (κ1) is 16.9. The molecule has 1 aromatic rings. The minimum Gasteiger partial charge on any atom is -0.352 e. The smallest absolute Gasteiger partial charge is 0.261 e. The Kier molecular flexibility index (Phi) is 5.53. The van der Waals surface area contributed by atoms with Crippen molar-refractivity contribution in [1.82, 2.24) is 5.32 Å². The number of hydrogen-bond donors (Lipinski definition) is 1. The molecule has 0 saturated carbocycles. The second-order valence-corrected chi connectivity index (χ2v) is 7.58. The zero-order valence-electron chi connectivity index (χ0n) is 11.5. The molecule has 4 nitrogen and oxygen atoms in total. The molecule has 0 aliphatic rings. The van der Waals surface area contributed by atoms with Crippen molar-refractivity contribution in [2.45, 2.75) is 25.7 Å². The molecule has 0 spiro atoms. The molecule has 0 aromatic heterocycles. The maximum absolute atomic E-state index is 13.6. The van der Waals surface area contributed by atoms with Gasteiger partial charge in [0.25, 0.3) is 15.0 Å². The molecular formula is C13H17ClFNO3S. The number of rotatable bonds is 5. The summed E-state index contributed by atoms with van der Waals surface area (Å²) in [6, 6.07) is 2.87. The van der Waals surface area contributed by atoms with Crippen LogP contribution < -0.4 is 5.32 Å². The fourth-order valence-electron chi connectivity index (χ4n) is 1.41. The van der Waals surface area contributed by atoms with Crippen LogP contribution in [0.25, 0.3) is 0 Å². The maximum atomic E-state index is 13.6. The Bertz CT molecular complexity index is 602. The summed E-state index contributed by atoms with van der Waals surface area (Å²) >= 11 is 0. The molecule has 1 N–H and O–H groups in total. The van der Waals surface area contributed by atoms with Crippen LogP contribution in [0.15, 0.2) is 23.1 Å². The summed E-state index contributed by atoms with van der Waals surface area (Å²) < 4.78 is 36.0. The third-order valence-electron chi connectivity index (χ3n) is 3.19. The lowest BCUT2D eigenvalue weighted by molar-refractivity contribution is 0.0940. The maximum Gasteiger partial charge on any atom is 0.261 e. The number of halogens is 2. The van der Waals surface area contributed by atoms with Gasteiger partial charge < -0.3 is 5.32 Å². The highest BCUT2D eigenvalue weighted by molar-refractivity contribution is 8.13. The van der Waals surface area contributed by atoms with Gasteiger partial charge in [0.1, 0.15) is 5.82 Å². The molecule has 0 saturated heterocycles. The van der Waals surface area contributed by atoms with E-state index in [1.807, 2.05) is 20.8 Å². The number of carbonyl (C=O) groups is 1. The van der Waals surface area contributed by atoms with E-state index < -0.39 is 20.8 Å². The van der Waals surface area contributed by atoms with Crippen molar-refractivity contribution in [3.8, 4) is 0 Å². The Labute approximate surface area is 122 Å². The van der Waals surface area contributed by atoms with Crippen LogP contribution in [0.3, 0.4) is 0 Å². The second-order valence-electron chi connectivity index (χ2n) is 5.01. The number of nitrogens with one attached hydrogen (secondary N) is 1. The van der Waals surface area contributed by atoms with Crippen molar-refractivity contribution in [1.29, 1.82) is 0 Å². The molecule has 0 aliphatic carbocycles. The number of benzene rings is 1. The van der Waals surface area contributed by atoms with Gasteiger partial charge in [-0.1, -0.05) is 20.8 Å². The Morgan fingerprint density at radius 1 is 1.35 bits per heavy atom. The SMILES string of the molecule is CC(C)C(C)CNC(=O)c1cc(S(=O)(=O)Cl)ccc1F. The summed E-state index contributed by atoms with van der Waals surface area (Å²) in [7, 11) is 1.18. The van der Waals surface area contributed by atoms with Crippen LogP contribution in [-0.4, -0.2) is 20.9 Å². The van der Waals surface area contributed by atoms with E-state index >= 15 is 0 Å². The van der Waals surface area contributed by atoms with Crippen molar-refractivity contribution in [3.63, 3.8) is 0 Å². The molecule has 1 atom stereocenters. The third-order valence-corrected chi connectivity index (χ3v) is 4.54. The highest BCUT2D eigenvalue weighted by Gasteiger charge is 2.18. The lowest BCUT2D eigenvalue weighted by Gasteiger charge is -2.16. The fourth-order valence-corrected chi connectivity index (χ4v) is 2.19. The van der Waals surface area contributed by atoms with E-state index in [1.165, 1.54) is 0 Å². The van der Waals surface area contributed by atoms with Crippen LogP contribution in [0.5, 0.6) is 0 Å². The van der Waals surface area contributed by atoms with E-state index in [9.17, 15) is 17.6 Å². The molecule has 0 heterocycles. The monoisotopic (exact) mass is 321 g/mol. The standard InChI is InChI=1S/C13H17ClFNO3S/c1-8(2)9(3)7-16-13(17)11-6-10(20(14,18)19)4-5-12(11)15/h4-6,8-9H,7H2,1-3H3,(H,16,17). The number of carbonyl (C=O) groups excluding carboxylic acids is 1. The minimum absolute atomic E-state index is 0.224. The Morgan fingerprint density at radius 2 is 1.95 bits per heavy atom. The predicted octanol–water partition coefficient (Wildman–Crippen LogP) is 2.78.